The molecule has 3 rings (SSSR count). The maximum Gasteiger partial charge on any atom is 0.124 e. The molecule has 0 aliphatic carbocycles. The van der Waals surface area contributed by atoms with Crippen LogP contribution in [0, 0.1) is 9.39 Å². The van der Waals surface area contributed by atoms with Gasteiger partial charge < -0.3 is 0 Å². The molecular formula is C15H9BrFIS. The van der Waals surface area contributed by atoms with Crippen molar-refractivity contribution in [3.63, 3.8) is 0 Å². The van der Waals surface area contributed by atoms with E-state index in [-0.39, 0.29) is 10.6 Å². The van der Waals surface area contributed by atoms with Gasteiger partial charge in [0.25, 0.3) is 0 Å². The van der Waals surface area contributed by atoms with Crippen LogP contribution in [-0.4, -0.2) is 0 Å². The quantitative estimate of drug-likeness (QED) is 0.328. The molecule has 4 heteroatoms. The summed E-state index contributed by atoms with van der Waals surface area (Å²) in [5.41, 5.74) is 2.34. The lowest BCUT2D eigenvalue weighted by Crippen LogP contribution is -1.95. The van der Waals surface area contributed by atoms with Gasteiger partial charge in [0.15, 0.2) is 0 Å². The molecule has 0 nitrogen and oxygen atoms in total. The number of thiophene rings is 1. The number of benzene rings is 2. The second-order valence-corrected chi connectivity index (χ2v) is 7.20. The lowest BCUT2D eigenvalue weighted by Gasteiger charge is -2.12. The van der Waals surface area contributed by atoms with Gasteiger partial charge in [0.2, 0.25) is 0 Å². The molecule has 0 amide bonds. The molecule has 0 saturated heterocycles. The Kier molecular flexibility index (Phi) is 3.91. The van der Waals surface area contributed by atoms with Crippen molar-refractivity contribution in [1.29, 1.82) is 0 Å². The minimum absolute atomic E-state index is 0.0937. The second-order valence-electron chi connectivity index (χ2n) is 4.22. The van der Waals surface area contributed by atoms with Crippen LogP contribution in [0.2, 0.25) is 0 Å². The summed E-state index contributed by atoms with van der Waals surface area (Å²) in [6.45, 7) is 0. The van der Waals surface area contributed by atoms with Crippen molar-refractivity contribution in [1.82, 2.24) is 0 Å². The summed E-state index contributed by atoms with van der Waals surface area (Å²) in [6.07, 6.45) is 0. The average molecular weight is 447 g/mol. The van der Waals surface area contributed by atoms with E-state index in [4.69, 9.17) is 0 Å². The topological polar surface area (TPSA) is 0 Å². The van der Waals surface area contributed by atoms with Gasteiger partial charge in [-0.05, 0) is 62.7 Å². The third kappa shape index (κ3) is 2.58. The minimum Gasteiger partial charge on any atom is -0.207 e. The van der Waals surface area contributed by atoms with E-state index in [2.05, 4.69) is 56.0 Å². The molecule has 19 heavy (non-hydrogen) atoms. The smallest absolute Gasteiger partial charge is 0.124 e. The zero-order valence-electron chi connectivity index (χ0n) is 9.74. The first-order chi connectivity index (χ1) is 9.16. The molecule has 0 saturated carbocycles. The molecule has 0 spiro atoms. The van der Waals surface area contributed by atoms with Crippen LogP contribution in [-0.2, 0) is 0 Å². The second kappa shape index (κ2) is 5.50. The van der Waals surface area contributed by atoms with E-state index in [0.717, 1.165) is 9.13 Å². The highest BCUT2D eigenvalue weighted by Gasteiger charge is 2.17. The largest absolute Gasteiger partial charge is 0.207 e. The molecule has 0 bridgehead atoms. The fourth-order valence-corrected chi connectivity index (χ4v) is 5.23. The van der Waals surface area contributed by atoms with Crippen LogP contribution in [0.5, 0.6) is 0 Å². The highest BCUT2D eigenvalue weighted by Crippen LogP contribution is 2.40. The molecule has 0 N–H and O–H groups in total. The lowest BCUT2D eigenvalue weighted by molar-refractivity contribution is 0.626. The summed E-state index contributed by atoms with van der Waals surface area (Å²) >= 11 is 7.67. The van der Waals surface area contributed by atoms with Gasteiger partial charge in [-0.25, -0.2) is 4.39 Å². The molecule has 0 aliphatic rings. The van der Waals surface area contributed by atoms with Gasteiger partial charge in [0.1, 0.15) is 5.82 Å². The van der Waals surface area contributed by atoms with E-state index in [1.807, 2.05) is 18.2 Å². The Bertz CT molecular complexity index is 738. The van der Waals surface area contributed by atoms with Crippen molar-refractivity contribution in [2.24, 2.45) is 0 Å². The maximum atomic E-state index is 13.2. The standard InChI is InChI=1S/C15H9BrFIS/c16-15(11-6-5-9(17)7-13(11)18)12-8-19-14-4-2-1-3-10(12)14/h1-8,15H. The molecule has 1 atom stereocenters. The average Bonchev–Trinajstić information content (AvgIpc) is 2.82. The number of rotatable bonds is 2. The molecule has 0 fully saturated rings. The van der Waals surface area contributed by atoms with Crippen LogP contribution >= 0.6 is 49.9 Å². The molecule has 96 valence electrons. The van der Waals surface area contributed by atoms with Crippen LogP contribution in [0.1, 0.15) is 16.0 Å². The van der Waals surface area contributed by atoms with E-state index in [1.165, 1.54) is 21.7 Å². The van der Waals surface area contributed by atoms with Crippen molar-refractivity contribution in [2.45, 2.75) is 4.83 Å². The van der Waals surface area contributed by atoms with Crippen LogP contribution in [0.25, 0.3) is 10.1 Å². The van der Waals surface area contributed by atoms with E-state index in [9.17, 15) is 4.39 Å². The number of halogens is 3. The molecule has 1 aromatic heterocycles. The summed E-state index contributed by atoms with van der Waals surface area (Å²) in [4.78, 5) is 0.0937. The third-order valence-corrected chi connectivity index (χ3v) is 5.92. The summed E-state index contributed by atoms with van der Waals surface area (Å²) < 4.78 is 15.4. The summed E-state index contributed by atoms with van der Waals surface area (Å²) in [7, 11) is 0. The van der Waals surface area contributed by atoms with E-state index in [1.54, 1.807) is 17.4 Å². The molecular weight excluding hydrogens is 438 g/mol. The van der Waals surface area contributed by atoms with Crippen LogP contribution in [0.3, 0.4) is 0 Å². The van der Waals surface area contributed by atoms with Crippen molar-refractivity contribution in [3.8, 4) is 0 Å². The number of hydrogen-bond acceptors (Lipinski definition) is 1. The van der Waals surface area contributed by atoms with Crippen LogP contribution < -0.4 is 0 Å². The highest BCUT2D eigenvalue weighted by atomic mass is 127. The maximum absolute atomic E-state index is 13.2. The van der Waals surface area contributed by atoms with Gasteiger partial charge >= 0.3 is 0 Å². The van der Waals surface area contributed by atoms with E-state index in [0.29, 0.717) is 0 Å². The highest BCUT2D eigenvalue weighted by molar-refractivity contribution is 14.1. The van der Waals surface area contributed by atoms with Gasteiger partial charge in [-0.1, -0.05) is 40.2 Å². The predicted octanol–water partition coefficient (Wildman–Crippen LogP) is 6.13. The van der Waals surface area contributed by atoms with Gasteiger partial charge in [0, 0.05) is 8.27 Å². The van der Waals surface area contributed by atoms with Gasteiger partial charge in [-0.2, -0.15) is 0 Å². The number of hydrogen-bond donors (Lipinski definition) is 0. The predicted molar refractivity (Wildman–Crippen MR) is 91.7 cm³/mol. The van der Waals surface area contributed by atoms with Gasteiger partial charge in [-0.15, -0.1) is 11.3 Å². The summed E-state index contributed by atoms with van der Waals surface area (Å²) in [5, 5.41) is 3.43. The molecule has 0 aliphatic heterocycles. The zero-order valence-corrected chi connectivity index (χ0v) is 14.3. The Hall–Kier alpha value is -0.460. The number of fused-ring (bicyclic) bond motifs is 1. The summed E-state index contributed by atoms with van der Waals surface area (Å²) in [5.74, 6) is -0.192. The third-order valence-electron chi connectivity index (χ3n) is 3.02. The molecule has 3 aromatic rings. The van der Waals surface area contributed by atoms with Crippen molar-refractivity contribution in [3.05, 3.63) is 68.4 Å². The molecule has 0 radical (unpaired) electrons. The Balaban J connectivity index is 2.10. The Morgan fingerprint density at radius 1 is 1.11 bits per heavy atom. The summed E-state index contributed by atoms with van der Waals surface area (Å²) in [6, 6.07) is 13.3. The normalized spacial score (nSPS) is 12.8. The Labute approximate surface area is 136 Å². The Morgan fingerprint density at radius 3 is 2.68 bits per heavy atom. The van der Waals surface area contributed by atoms with Gasteiger partial charge in [0.05, 0.1) is 4.83 Å². The van der Waals surface area contributed by atoms with Crippen LogP contribution in [0.15, 0.2) is 47.8 Å². The minimum atomic E-state index is -0.192. The van der Waals surface area contributed by atoms with E-state index >= 15 is 0 Å². The SMILES string of the molecule is Fc1ccc(C(Br)c2csc3ccccc23)c(I)c1. The molecule has 2 aromatic carbocycles. The Morgan fingerprint density at radius 2 is 1.89 bits per heavy atom. The van der Waals surface area contributed by atoms with E-state index < -0.39 is 0 Å². The molecule has 1 unspecified atom stereocenters. The first kappa shape index (κ1) is 13.5. The number of alkyl halides is 1. The van der Waals surface area contributed by atoms with Gasteiger partial charge in [-0.3, -0.25) is 0 Å². The lowest BCUT2D eigenvalue weighted by atomic mass is 10.0. The van der Waals surface area contributed by atoms with Crippen molar-refractivity contribution in [2.75, 3.05) is 0 Å². The van der Waals surface area contributed by atoms with Crippen molar-refractivity contribution < 1.29 is 4.39 Å². The fraction of sp³-hybridized carbons (Fsp3) is 0.0667. The first-order valence-corrected chi connectivity index (χ1v) is 8.59. The van der Waals surface area contributed by atoms with Crippen molar-refractivity contribution >= 4 is 59.9 Å². The first-order valence-electron chi connectivity index (χ1n) is 5.72. The van der Waals surface area contributed by atoms with Crippen LogP contribution in [0.4, 0.5) is 4.39 Å². The fourth-order valence-electron chi connectivity index (χ4n) is 2.07. The monoisotopic (exact) mass is 446 g/mol. The molecule has 1 heterocycles. The zero-order chi connectivity index (χ0) is 13.4.